The predicted molar refractivity (Wildman–Crippen MR) is 120 cm³/mol. The van der Waals surface area contributed by atoms with Gasteiger partial charge in [-0.2, -0.15) is 0 Å². The Bertz CT molecular complexity index is 1080. The van der Waals surface area contributed by atoms with Crippen LogP contribution < -0.4 is 5.32 Å². The lowest BCUT2D eigenvalue weighted by atomic mass is 10.0. The molecule has 1 N–H and O–H groups in total. The van der Waals surface area contributed by atoms with Crippen molar-refractivity contribution >= 4 is 23.6 Å². The number of benzene rings is 2. The molecule has 7 nitrogen and oxygen atoms in total. The number of piperidine rings is 1. The molecule has 0 atom stereocenters. The Morgan fingerprint density at radius 3 is 2.12 bits per heavy atom. The van der Waals surface area contributed by atoms with E-state index in [1.54, 1.807) is 26.0 Å². The zero-order valence-corrected chi connectivity index (χ0v) is 18.6. The summed E-state index contributed by atoms with van der Waals surface area (Å²) in [7, 11) is 0. The third-order valence-corrected chi connectivity index (χ3v) is 6.11. The molecule has 2 aliphatic rings. The number of hydrogen-bond acceptors (Lipinski definition) is 4. The smallest absolute Gasteiger partial charge is 0.261 e. The highest BCUT2D eigenvalue weighted by atomic mass is 16.2. The van der Waals surface area contributed by atoms with Gasteiger partial charge in [-0.05, 0) is 63.9 Å². The standard InChI is InChI=1S/C25H27N3O4/c1-15(2)28-24(31)20-9-8-18(14-21(20)25(28)32)22(29)26-19-10-12-27(13-11-19)23(30)17-6-4-16(3)5-7-17/h4-9,14-15,19H,10-13H2,1-3H3,(H,26,29). The molecule has 0 radical (unpaired) electrons. The number of fused-ring (bicyclic) bond motifs is 1. The Balaban J connectivity index is 1.37. The Labute approximate surface area is 187 Å². The van der Waals surface area contributed by atoms with E-state index in [2.05, 4.69) is 5.32 Å². The Kier molecular flexibility index (Phi) is 5.82. The molecule has 32 heavy (non-hydrogen) atoms. The predicted octanol–water partition coefficient (Wildman–Crippen LogP) is 3.03. The molecule has 166 valence electrons. The fourth-order valence-corrected chi connectivity index (χ4v) is 4.24. The third kappa shape index (κ3) is 4.02. The molecule has 0 aliphatic carbocycles. The first-order chi connectivity index (χ1) is 15.3. The van der Waals surface area contributed by atoms with Crippen LogP contribution in [0, 0.1) is 6.92 Å². The molecular formula is C25H27N3O4. The fraction of sp³-hybridized carbons (Fsp3) is 0.360. The van der Waals surface area contributed by atoms with Crippen LogP contribution >= 0.6 is 0 Å². The van der Waals surface area contributed by atoms with Crippen molar-refractivity contribution < 1.29 is 19.2 Å². The minimum Gasteiger partial charge on any atom is -0.349 e. The van der Waals surface area contributed by atoms with E-state index >= 15 is 0 Å². The van der Waals surface area contributed by atoms with Gasteiger partial charge in [-0.1, -0.05) is 17.7 Å². The largest absolute Gasteiger partial charge is 0.349 e. The highest BCUT2D eigenvalue weighted by molar-refractivity contribution is 6.22. The van der Waals surface area contributed by atoms with Gasteiger partial charge in [0, 0.05) is 36.3 Å². The fourth-order valence-electron chi connectivity index (χ4n) is 4.24. The molecule has 0 spiro atoms. The maximum absolute atomic E-state index is 12.8. The molecule has 0 unspecified atom stereocenters. The van der Waals surface area contributed by atoms with Gasteiger partial charge in [0.15, 0.2) is 0 Å². The van der Waals surface area contributed by atoms with Gasteiger partial charge in [-0.3, -0.25) is 24.1 Å². The summed E-state index contributed by atoms with van der Waals surface area (Å²) < 4.78 is 0. The van der Waals surface area contributed by atoms with Crippen LogP contribution in [-0.4, -0.2) is 58.6 Å². The number of nitrogens with zero attached hydrogens (tertiary/aromatic N) is 2. The highest BCUT2D eigenvalue weighted by Crippen LogP contribution is 2.26. The number of hydrogen-bond donors (Lipinski definition) is 1. The van der Waals surface area contributed by atoms with E-state index < -0.39 is 0 Å². The van der Waals surface area contributed by atoms with E-state index in [-0.39, 0.29) is 41.3 Å². The number of carbonyl (C=O) groups excluding carboxylic acids is 4. The first-order valence-corrected chi connectivity index (χ1v) is 10.9. The van der Waals surface area contributed by atoms with Gasteiger partial charge in [-0.25, -0.2) is 0 Å². The van der Waals surface area contributed by atoms with Crippen LogP contribution in [0.2, 0.25) is 0 Å². The molecule has 2 aromatic carbocycles. The van der Waals surface area contributed by atoms with Crippen LogP contribution in [-0.2, 0) is 0 Å². The van der Waals surface area contributed by atoms with Crippen molar-refractivity contribution in [1.82, 2.24) is 15.1 Å². The summed E-state index contributed by atoms with van der Waals surface area (Å²) in [4.78, 5) is 53.5. The van der Waals surface area contributed by atoms with Gasteiger partial charge in [0.2, 0.25) is 0 Å². The van der Waals surface area contributed by atoms with E-state index in [4.69, 9.17) is 0 Å². The normalized spacial score (nSPS) is 16.5. The summed E-state index contributed by atoms with van der Waals surface area (Å²) >= 11 is 0. The monoisotopic (exact) mass is 433 g/mol. The average Bonchev–Trinajstić information content (AvgIpc) is 3.04. The van der Waals surface area contributed by atoms with E-state index in [0.29, 0.717) is 42.6 Å². The van der Waals surface area contributed by atoms with Crippen molar-refractivity contribution in [3.05, 3.63) is 70.3 Å². The molecule has 0 aromatic heterocycles. The minimum absolute atomic E-state index is 0.00582. The van der Waals surface area contributed by atoms with E-state index in [1.165, 1.54) is 11.0 Å². The lowest BCUT2D eigenvalue weighted by Crippen LogP contribution is -2.46. The van der Waals surface area contributed by atoms with Gasteiger partial charge < -0.3 is 10.2 Å². The maximum atomic E-state index is 12.8. The molecule has 2 heterocycles. The second-order valence-corrected chi connectivity index (χ2v) is 8.74. The second kappa shape index (κ2) is 8.57. The van der Waals surface area contributed by atoms with E-state index in [0.717, 1.165) is 5.56 Å². The van der Waals surface area contributed by atoms with Crippen molar-refractivity contribution in [2.45, 2.75) is 45.7 Å². The maximum Gasteiger partial charge on any atom is 0.261 e. The number of imide groups is 1. The summed E-state index contributed by atoms with van der Waals surface area (Å²) in [6.07, 6.45) is 1.32. The van der Waals surface area contributed by atoms with Crippen LogP contribution in [0.3, 0.4) is 0 Å². The summed E-state index contributed by atoms with van der Waals surface area (Å²) in [5.74, 6) is -0.958. The van der Waals surface area contributed by atoms with Gasteiger partial charge in [0.05, 0.1) is 11.1 Å². The number of nitrogens with one attached hydrogen (secondary N) is 1. The van der Waals surface area contributed by atoms with Gasteiger partial charge in [0.1, 0.15) is 0 Å². The summed E-state index contributed by atoms with van der Waals surface area (Å²) in [6, 6.07) is 11.9. The lowest BCUT2D eigenvalue weighted by Gasteiger charge is -2.32. The Morgan fingerprint density at radius 2 is 1.50 bits per heavy atom. The van der Waals surface area contributed by atoms with Gasteiger partial charge in [0.25, 0.3) is 23.6 Å². The second-order valence-electron chi connectivity index (χ2n) is 8.74. The van der Waals surface area contributed by atoms with Crippen LogP contribution in [0.4, 0.5) is 0 Å². The first kappa shape index (κ1) is 21.7. The molecule has 4 rings (SSSR count). The van der Waals surface area contributed by atoms with Crippen LogP contribution in [0.1, 0.15) is 73.7 Å². The SMILES string of the molecule is Cc1ccc(C(=O)N2CCC(NC(=O)c3ccc4c(c3)C(=O)N(C(C)C)C4=O)CC2)cc1. The summed E-state index contributed by atoms with van der Waals surface area (Å²) in [6.45, 7) is 6.68. The topological polar surface area (TPSA) is 86.8 Å². The number of aryl methyl sites for hydroxylation is 1. The molecule has 1 fully saturated rings. The average molecular weight is 434 g/mol. The quantitative estimate of drug-likeness (QED) is 0.751. The molecule has 2 aliphatic heterocycles. The Hall–Kier alpha value is -3.48. The number of amides is 4. The van der Waals surface area contributed by atoms with E-state index in [1.807, 2.05) is 36.1 Å². The zero-order chi connectivity index (χ0) is 23.0. The van der Waals surface area contributed by atoms with Crippen molar-refractivity contribution in [2.24, 2.45) is 0 Å². The minimum atomic E-state index is -0.363. The van der Waals surface area contributed by atoms with E-state index in [9.17, 15) is 19.2 Å². The highest BCUT2D eigenvalue weighted by Gasteiger charge is 2.37. The number of likely N-dealkylation sites (tertiary alicyclic amines) is 1. The van der Waals surface area contributed by atoms with Crippen LogP contribution in [0.15, 0.2) is 42.5 Å². The molecule has 7 heteroatoms. The first-order valence-electron chi connectivity index (χ1n) is 10.9. The molecule has 0 bridgehead atoms. The number of carbonyl (C=O) groups is 4. The molecular weight excluding hydrogens is 406 g/mol. The van der Waals surface area contributed by atoms with Crippen molar-refractivity contribution in [1.29, 1.82) is 0 Å². The number of rotatable bonds is 4. The molecule has 1 saturated heterocycles. The molecule has 2 aromatic rings. The van der Waals surface area contributed by atoms with Gasteiger partial charge >= 0.3 is 0 Å². The van der Waals surface area contributed by atoms with Crippen LogP contribution in [0.25, 0.3) is 0 Å². The van der Waals surface area contributed by atoms with Crippen molar-refractivity contribution in [3.8, 4) is 0 Å². The van der Waals surface area contributed by atoms with Gasteiger partial charge in [-0.15, -0.1) is 0 Å². The summed E-state index contributed by atoms with van der Waals surface area (Å²) in [5.41, 5.74) is 2.75. The Morgan fingerprint density at radius 1 is 0.906 bits per heavy atom. The van der Waals surface area contributed by atoms with Crippen LogP contribution in [0.5, 0.6) is 0 Å². The third-order valence-electron chi connectivity index (χ3n) is 6.11. The van der Waals surface area contributed by atoms with Crippen molar-refractivity contribution in [3.63, 3.8) is 0 Å². The van der Waals surface area contributed by atoms with Crippen molar-refractivity contribution in [2.75, 3.05) is 13.1 Å². The molecule has 0 saturated carbocycles. The lowest BCUT2D eigenvalue weighted by molar-refractivity contribution is 0.0607. The molecule has 4 amide bonds. The summed E-state index contributed by atoms with van der Waals surface area (Å²) in [5, 5.41) is 3.01. The zero-order valence-electron chi connectivity index (χ0n) is 18.6.